The van der Waals surface area contributed by atoms with Gasteiger partial charge in [0.05, 0.1) is 0 Å². The van der Waals surface area contributed by atoms with Gasteiger partial charge in [-0.05, 0) is 73.2 Å². The van der Waals surface area contributed by atoms with E-state index in [1.54, 1.807) is 0 Å². The molecule has 0 saturated carbocycles. The van der Waals surface area contributed by atoms with E-state index in [0.717, 1.165) is 18.7 Å². The van der Waals surface area contributed by atoms with Crippen LogP contribution in [0.25, 0.3) is 22.2 Å². The third-order valence-corrected chi connectivity index (χ3v) is 4.81. The van der Waals surface area contributed by atoms with Crippen molar-refractivity contribution in [1.82, 2.24) is 15.3 Å². The smallest absolute Gasteiger partial charge is 0.137 e. The average Bonchev–Trinajstić information content (AvgIpc) is 3.04. The van der Waals surface area contributed by atoms with Crippen LogP contribution in [0.3, 0.4) is 0 Å². The molecule has 1 aromatic carbocycles. The Balaban J connectivity index is 1.75. The van der Waals surface area contributed by atoms with E-state index in [-0.39, 0.29) is 0 Å². The van der Waals surface area contributed by atoms with Gasteiger partial charge in [0.2, 0.25) is 0 Å². The second kappa shape index (κ2) is 5.58. The lowest BCUT2D eigenvalue weighted by Crippen LogP contribution is -2.26. The Hall–Kier alpha value is -2.13. The normalized spacial score (nSPS) is 16.2. The second-order valence-corrected chi connectivity index (χ2v) is 6.20. The number of aromatic nitrogens is 2. The van der Waals surface area contributed by atoms with Crippen LogP contribution < -0.4 is 5.32 Å². The van der Waals surface area contributed by atoms with Crippen molar-refractivity contribution < 1.29 is 0 Å². The van der Waals surface area contributed by atoms with Crippen molar-refractivity contribution >= 4 is 11.0 Å². The number of hydrogen-bond acceptors (Lipinski definition) is 2. The molecule has 22 heavy (non-hydrogen) atoms. The molecular formula is C19H21N3. The molecule has 0 amide bonds. The van der Waals surface area contributed by atoms with Crippen LogP contribution in [0.4, 0.5) is 0 Å². The maximum absolute atomic E-state index is 4.39. The molecule has 0 unspecified atom stereocenters. The van der Waals surface area contributed by atoms with Crippen LogP contribution in [0.5, 0.6) is 0 Å². The van der Waals surface area contributed by atoms with E-state index < -0.39 is 0 Å². The summed E-state index contributed by atoms with van der Waals surface area (Å²) in [4.78, 5) is 7.58. The number of H-pyrrole nitrogens is 1. The number of hydrogen-bond donors (Lipinski definition) is 2. The summed E-state index contributed by atoms with van der Waals surface area (Å²) in [5.41, 5.74) is 6.37. The zero-order valence-corrected chi connectivity index (χ0v) is 12.9. The molecule has 0 atom stereocenters. The summed E-state index contributed by atoms with van der Waals surface area (Å²) in [5.74, 6) is 0.707. The molecule has 3 heterocycles. The molecule has 3 heteroatoms. The third kappa shape index (κ3) is 2.32. The fourth-order valence-corrected chi connectivity index (χ4v) is 3.59. The molecule has 0 radical (unpaired) electrons. The van der Waals surface area contributed by atoms with Crippen molar-refractivity contribution in [3.8, 4) is 11.1 Å². The molecule has 2 N–H and O–H groups in total. The zero-order chi connectivity index (χ0) is 14.9. The molecule has 4 rings (SSSR count). The van der Waals surface area contributed by atoms with Gasteiger partial charge in [-0.25, -0.2) is 4.98 Å². The van der Waals surface area contributed by atoms with Crippen molar-refractivity contribution in [2.24, 2.45) is 0 Å². The van der Waals surface area contributed by atoms with E-state index in [1.165, 1.54) is 40.5 Å². The number of nitrogens with zero attached hydrogens (tertiary/aromatic N) is 1. The van der Waals surface area contributed by atoms with Crippen molar-refractivity contribution in [3.63, 3.8) is 0 Å². The number of pyridine rings is 1. The van der Waals surface area contributed by atoms with Crippen LogP contribution in [-0.2, 0) is 0 Å². The fraction of sp³-hybridized carbons (Fsp3) is 0.316. The first kappa shape index (κ1) is 13.5. The summed E-state index contributed by atoms with van der Waals surface area (Å²) >= 11 is 0. The molecule has 1 saturated heterocycles. The fourth-order valence-electron chi connectivity index (χ4n) is 3.59. The largest absolute Gasteiger partial charge is 0.346 e. The van der Waals surface area contributed by atoms with Crippen LogP contribution in [0.15, 0.2) is 42.7 Å². The van der Waals surface area contributed by atoms with Gasteiger partial charge in [0.1, 0.15) is 5.65 Å². The lowest BCUT2D eigenvalue weighted by Gasteiger charge is -2.23. The third-order valence-electron chi connectivity index (χ3n) is 4.81. The number of aromatic amines is 1. The van der Waals surface area contributed by atoms with Gasteiger partial charge < -0.3 is 10.3 Å². The predicted octanol–water partition coefficient (Wildman–Crippen LogP) is 4.01. The van der Waals surface area contributed by atoms with Gasteiger partial charge >= 0.3 is 0 Å². The van der Waals surface area contributed by atoms with Crippen LogP contribution in [0.2, 0.25) is 0 Å². The summed E-state index contributed by atoms with van der Waals surface area (Å²) in [5, 5.41) is 4.64. The van der Waals surface area contributed by atoms with Gasteiger partial charge in [-0.2, -0.15) is 0 Å². The maximum atomic E-state index is 4.39. The number of aryl methyl sites for hydroxylation is 1. The van der Waals surface area contributed by atoms with Gasteiger partial charge in [-0.3, -0.25) is 0 Å². The van der Waals surface area contributed by atoms with Crippen molar-refractivity contribution in [3.05, 3.63) is 53.9 Å². The summed E-state index contributed by atoms with van der Waals surface area (Å²) in [6, 6.07) is 11.2. The topological polar surface area (TPSA) is 40.7 Å². The number of piperidine rings is 1. The highest BCUT2D eigenvalue weighted by molar-refractivity contribution is 5.93. The molecule has 3 nitrogen and oxygen atoms in total. The van der Waals surface area contributed by atoms with Crippen LogP contribution >= 0.6 is 0 Å². The van der Waals surface area contributed by atoms with E-state index in [1.807, 2.05) is 12.4 Å². The average molecular weight is 291 g/mol. The lowest BCUT2D eigenvalue weighted by atomic mass is 9.87. The Bertz CT molecular complexity index is 797. The molecule has 112 valence electrons. The number of nitrogens with one attached hydrogen (secondary N) is 2. The molecule has 1 aliphatic rings. The first-order valence-electron chi connectivity index (χ1n) is 8.06. The Morgan fingerprint density at radius 1 is 1.05 bits per heavy atom. The molecule has 1 aliphatic heterocycles. The second-order valence-electron chi connectivity index (χ2n) is 6.20. The minimum Gasteiger partial charge on any atom is -0.346 e. The van der Waals surface area contributed by atoms with Gasteiger partial charge in [-0.15, -0.1) is 0 Å². The van der Waals surface area contributed by atoms with E-state index in [4.69, 9.17) is 0 Å². The minimum atomic E-state index is 0.707. The molecule has 0 bridgehead atoms. The monoisotopic (exact) mass is 291 g/mol. The highest BCUT2D eigenvalue weighted by Crippen LogP contribution is 2.33. The van der Waals surface area contributed by atoms with E-state index in [9.17, 15) is 0 Å². The summed E-state index contributed by atoms with van der Waals surface area (Å²) in [6.07, 6.45) is 6.33. The number of rotatable bonds is 2. The molecular weight excluding hydrogens is 270 g/mol. The SMILES string of the molecule is Cc1cc(C2CCNCC2)ccc1-c1ccnc2[nH]ccc12. The molecule has 3 aromatic rings. The van der Waals surface area contributed by atoms with Crippen molar-refractivity contribution in [2.75, 3.05) is 13.1 Å². The summed E-state index contributed by atoms with van der Waals surface area (Å²) in [7, 11) is 0. The minimum absolute atomic E-state index is 0.707. The molecule has 1 fully saturated rings. The summed E-state index contributed by atoms with van der Waals surface area (Å²) in [6.45, 7) is 4.50. The first-order valence-corrected chi connectivity index (χ1v) is 8.06. The molecule has 0 aliphatic carbocycles. The highest BCUT2D eigenvalue weighted by Gasteiger charge is 2.16. The highest BCUT2D eigenvalue weighted by atomic mass is 14.9. The van der Waals surface area contributed by atoms with Crippen LogP contribution in [-0.4, -0.2) is 23.1 Å². The summed E-state index contributed by atoms with van der Waals surface area (Å²) < 4.78 is 0. The Morgan fingerprint density at radius 3 is 2.73 bits per heavy atom. The Kier molecular flexibility index (Phi) is 3.43. The van der Waals surface area contributed by atoms with Crippen LogP contribution in [0.1, 0.15) is 29.9 Å². The lowest BCUT2D eigenvalue weighted by molar-refractivity contribution is 0.460. The maximum Gasteiger partial charge on any atom is 0.137 e. The van der Waals surface area contributed by atoms with Gasteiger partial charge in [-0.1, -0.05) is 18.2 Å². The van der Waals surface area contributed by atoms with E-state index in [2.05, 4.69) is 52.5 Å². The zero-order valence-electron chi connectivity index (χ0n) is 12.9. The quantitative estimate of drug-likeness (QED) is 0.749. The predicted molar refractivity (Wildman–Crippen MR) is 91.1 cm³/mol. The first-order chi connectivity index (χ1) is 10.8. The Labute approximate surface area is 130 Å². The van der Waals surface area contributed by atoms with E-state index in [0.29, 0.717) is 5.92 Å². The van der Waals surface area contributed by atoms with Gasteiger partial charge in [0, 0.05) is 17.8 Å². The van der Waals surface area contributed by atoms with Gasteiger partial charge in [0.25, 0.3) is 0 Å². The standard InChI is InChI=1S/C19H21N3/c1-13-12-15(14-4-8-20-9-5-14)2-3-16(13)17-6-10-21-19-18(17)7-11-22-19/h2-3,6-7,10-12,14,20H,4-5,8-9H2,1H3,(H,21,22). The van der Waals surface area contributed by atoms with Crippen LogP contribution in [0, 0.1) is 6.92 Å². The Morgan fingerprint density at radius 2 is 1.91 bits per heavy atom. The number of fused-ring (bicyclic) bond motifs is 1. The van der Waals surface area contributed by atoms with Crippen molar-refractivity contribution in [2.45, 2.75) is 25.7 Å². The molecule has 0 spiro atoms. The van der Waals surface area contributed by atoms with E-state index >= 15 is 0 Å². The number of benzene rings is 1. The molecule has 2 aromatic heterocycles. The van der Waals surface area contributed by atoms with Crippen molar-refractivity contribution in [1.29, 1.82) is 0 Å². The van der Waals surface area contributed by atoms with Gasteiger partial charge in [0.15, 0.2) is 0 Å².